The van der Waals surface area contributed by atoms with Crippen LogP contribution in [-0.4, -0.2) is 80.1 Å². The monoisotopic (exact) mass is 602 g/mol. The number of fused-ring (bicyclic) bond motifs is 6. The number of carbonyl (C=O) groups is 4. The molecule has 12 heteroatoms. The third-order valence-electron chi connectivity index (χ3n) is 8.35. The normalized spacial score (nSPS) is 33.1. The van der Waals surface area contributed by atoms with Gasteiger partial charge in [-0.1, -0.05) is 11.1 Å². The Balaban J connectivity index is 1.59. The predicted molar refractivity (Wildman–Crippen MR) is 154 cm³/mol. The number of hydrogen-bond acceptors (Lipinski definition) is 10. The van der Waals surface area contributed by atoms with Crippen molar-refractivity contribution in [3.63, 3.8) is 0 Å². The van der Waals surface area contributed by atoms with Crippen LogP contribution in [0.15, 0.2) is 59.5 Å². The van der Waals surface area contributed by atoms with E-state index in [1.807, 2.05) is 20.8 Å². The average Bonchev–Trinajstić information content (AvgIpc) is 3.30. The van der Waals surface area contributed by atoms with Gasteiger partial charge in [-0.2, -0.15) is 0 Å². The van der Waals surface area contributed by atoms with Gasteiger partial charge in [0.1, 0.15) is 12.2 Å². The zero-order valence-electron chi connectivity index (χ0n) is 23.9. The lowest BCUT2D eigenvalue weighted by atomic mass is 10.0. The second-order valence-corrected chi connectivity index (χ2v) is 13.0. The van der Waals surface area contributed by atoms with Crippen LogP contribution in [0.1, 0.15) is 47.0 Å². The molecule has 0 aromatic rings. The maximum absolute atomic E-state index is 14.8. The molecule has 10 nitrogen and oxygen atoms in total. The van der Waals surface area contributed by atoms with Gasteiger partial charge < -0.3 is 28.7 Å². The number of carbonyl (C=O) groups excluding carboxylic acids is 4. The summed E-state index contributed by atoms with van der Waals surface area (Å²) in [4.78, 5) is 55.2. The zero-order chi connectivity index (χ0) is 29.7. The number of rotatable bonds is 6. The third kappa shape index (κ3) is 4.59. The van der Waals surface area contributed by atoms with Crippen molar-refractivity contribution in [3.05, 3.63) is 59.5 Å². The summed E-state index contributed by atoms with van der Waals surface area (Å²) in [6.07, 6.45) is 11.5. The van der Waals surface area contributed by atoms with E-state index < -0.39 is 46.0 Å². The highest BCUT2D eigenvalue weighted by molar-refractivity contribution is 8.01. The molecule has 220 valence electrons. The summed E-state index contributed by atoms with van der Waals surface area (Å²) in [7, 11) is 0. The molecule has 0 N–H and O–H groups in total. The fourth-order valence-corrected chi connectivity index (χ4v) is 8.13. The standard InChI is InChI=1S/C29H34N2O8S2/c1-16(2)17(3)11-23(33)39-22-8-10-37-15-20-13-29(41-6)26(34)30-24-19(14-36-9-7-21(24)38-18(4)32)12-28(30,40-5)27(35)31(29)25(20)22/h7-10,14-15,21-22,24-25H,11-13H2,1-6H3/t21-,22-,24-,25-,28+,29+/m0/s1. The number of allylic oxidation sites excluding steroid dienone is 1. The third-order valence-corrected chi connectivity index (χ3v) is 10.7. The van der Waals surface area contributed by atoms with Crippen LogP contribution < -0.4 is 0 Å². The highest BCUT2D eigenvalue weighted by atomic mass is 32.2. The highest BCUT2D eigenvalue weighted by Gasteiger charge is 2.73. The average molecular weight is 603 g/mol. The molecule has 5 aliphatic rings. The molecule has 0 aromatic heterocycles. The zero-order valence-corrected chi connectivity index (χ0v) is 25.5. The Labute approximate surface area is 247 Å². The molecule has 0 spiro atoms. The number of hydrogen-bond donors (Lipinski definition) is 0. The van der Waals surface area contributed by atoms with Crippen LogP contribution in [0.25, 0.3) is 0 Å². The van der Waals surface area contributed by atoms with Crippen molar-refractivity contribution in [1.29, 1.82) is 0 Å². The molecule has 0 aromatic carbocycles. The Morgan fingerprint density at radius 1 is 0.854 bits per heavy atom. The van der Waals surface area contributed by atoms with Gasteiger partial charge in [0.15, 0.2) is 9.74 Å². The van der Waals surface area contributed by atoms with Crippen LogP contribution in [0.4, 0.5) is 0 Å². The van der Waals surface area contributed by atoms with Crippen molar-refractivity contribution < 1.29 is 38.1 Å². The van der Waals surface area contributed by atoms with Crippen molar-refractivity contribution >= 4 is 47.3 Å². The molecule has 0 saturated carbocycles. The van der Waals surface area contributed by atoms with Gasteiger partial charge in [0.05, 0.1) is 43.6 Å². The number of esters is 2. The Hall–Kier alpha value is -3.12. The van der Waals surface area contributed by atoms with E-state index in [1.165, 1.54) is 49.2 Å². The minimum atomic E-state index is -1.32. The summed E-state index contributed by atoms with van der Waals surface area (Å²) in [5.74, 6) is -1.52. The molecule has 2 amide bonds. The lowest BCUT2D eigenvalue weighted by Crippen LogP contribution is -2.74. The summed E-state index contributed by atoms with van der Waals surface area (Å²) in [6, 6.07) is -1.46. The molecule has 5 heterocycles. The van der Waals surface area contributed by atoms with Crippen molar-refractivity contribution in [2.75, 3.05) is 12.5 Å². The van der Waals surface area contributed by atoms with E-state index in [0.29, 0.717) is 11.1 Å². The molecule has 41 heavy (non-hydrogen) atoms. The quantitative estimate of drug-likeness (QED) is 0.329. The molecule has 5 aliphatic heterocycles. The summed E-state index contributed by atoms with van der Waals surface area (Å²) >= 11 is 2.52. The lowest BCUT2D eigenvalue weighted by molar-refractivity contribution is -0.171. The van der Waals surface area contributed by atoms with Gasteiger partial charge in [-0.3, -0.25) is 19.2 Å². The lowest BCUT2D eigenvalue weighted by Gasteiger charge is -2.54. The van der Waals surface area contributed by atoms with Crippen LogP contribution in [0.3, 0.4) is 0 Å². The van der Waals surface area contributed by atoms with E-state index in [9.17, 15) is 19.2 Å². The van der Waals surface area contributed by atoms with Gasteiger partial charge in [-0.05, 0) is 56.6 Å². The van der Waals surface area contributed by atoms with Gasteiger partial charge in [-0.15, -0.1) is 23.5 Å². The van der Waals surface area contributed by atoms with E-state index in [4.69, 9.17) is 18.9 Å². The van der Waals surface area contributed by atoms with Gasteiger partial charge in [-0.25, -0.2) is 0 Å². The second kappa shape index (κ2) is 10.9. The minimum Gasteiger partial charge on any atom is -0.473 e. The molecule has 6 atom stereocenters. The summed E-state index contributed by atoms with van der Waals surface area (Å²) in [5.41, 5.74) is 3.29. The van der Waals surface area contributed by atoms with Gasteiger partial charge in [0.25, 0.3) is 11.8 Å². The van der Waals surface area contributed by atoms with E-state index in [0.717, 1.165) is 11.1 Å². The Kier molecular flexibility index (Phi) is 7.84. The van der Waals surface area contributed by atoms with Crippen molar-refractivity contribution in [3.8, 4) is 0 Å². The first-order chi connectivity index (χ1) is 19.5. The fraction of sp³-hybridized carbons (Fsp3) is 0.517. The highest BCUT2D eigenvalue weighted by Crippen LogP contribution is 2.59. The van der Waals surface area contributed by atoms with E-state index in [-0.39, 0.29) is 31.1 Å². The topological polar surface area (TPSA) is 112 Å². The Bertz CT molecular complexity index is 1330. The SMILES string of the molecule is CS[C@@]12CC3=COC=C[C@H](OC(C)=O)[C@H]3N1C(=O)[C@]1(SC)CC3=COC=C[C@H](OC(=O)CC(C)=C(C)C)[C@H]3N1C2=O. The van der Waals surface area contributed by atoms with Crippen molar-refractivity contribution in [1.82, 2.24) is 9.80 Å². The number of amides is 2. The molecular weight excluding hydrogens is 568 g/mol. The van der Waals surface area contributed by atoms with E-state index in [1.54, 1.807) is 40.7 Å². The maximum atomic E-state index is 14.8. The predicted octanol–water partition coefficient (Wildman–Crippen LogP) is 3.77. The van der Waals surface area contributed by atoms with Crippen LogP contribution in [0, 0.1) is 0 Å². The minimum absolute atomic E-state index is 0.114. The summed E-state index contributed by atoms with van der Waals surface area (Å²) in [6.45, 7) is 7.05. The van der Waals surface area contributed by atoms with E-state index >= 15 is 0 Å². The molecule has 3 fully saturated rings. The van der Waals surface area contributed by atoms with Crippen molar-refractivity contribution in [2.24, 2.45) is 0 Å². The first kappa shape index (κ1) is 29.4. The molecule has 0 unspecified atom stereocenters. The molecule has 0 bridgehead atoms. The largest absolute Gasteiger partial charge is 0.473 e. The molecule has 0 radical (unpaired) electrons. The van der Waals surface area contributed by atoms with Crippen LogP contribution >= 0.6 is 23.5 Å². The number of thioether (sulfide) groups is 2. The molecule has 0 aliphatic carbocycles. The van der Waals surface area contributed by atoms with Crippen LogP contribution in [0.5, 0.6) is 0 Å². The van der Waals surface area contributed by atoms with Gasteiger partial charge in [0, 0.05) is 19.8 Å². The molecular formula is C29H34N2O8S2. The number of nitrogens with zero attached hydrogens (tertiary/aromatic N) is 2. The van der Waals surface area contributed by atoms with Gasteiger partial charge >= 0.3 is 11.9 Å². The second-order valence-electron chi connectivity index (χ2n) is 10.9. The Morgan fingerprint density at radius 3 is 1.73 bits per heavy atom. The smallest absolute Gasteiger partial charge is 0.310 e. The Morgan fingerprint density at radius 2 is 1.32 bits per heavy atom. The summed E-state index contributed by atoms with van der Waals surface area (Å²) < 4.78 is 22.7. The maximum Gasteiger partial charge on any atom is 0.310 e. The first-order valence-corrected chi connectivity index (χ1v) is 15.8. The first-order valence-electron chi connectivity index (χ1n) is 13.3. The number of piperazine rings is 1. The van der Waals surface area contributed by atoms with Crippen LogP contribution in [0.2, 0.25) is 0 Å². The number of ether oxygens (including phenoxy) is 4. The molecule has 5 rings (SSSR count). The fourth-order valence-electron chi connectivity index (χ4n) is 6.18. The van der Waals surface area contributed by atoms with Crippen LogP contribution in [-0.2, 0) is 38.1 Å². The van der Waals surface area contributed by atoms with Gasteiger partial charge in [0.2, 0.25) is 0 Å². The van der Waals surface area contributed by atoms with Crippen molar-refractivity contribution in [2.45, 2.75) is 81.0 Å². The summed E-state index contributed by atoms with van der Waals surface area (Å²) in [5, 5.41) is 0. The molecule has 3 saturated heterocycles. The van der Waals surface area contributed by atoms with E-state index in [2.05, 4.69) is 0 Å².